The summed E-state index contributed by atoms with van der Waals surface area (Å²) in [5.41, 5.74) is 1.07. The number of rotatable bonds is 4. The Bertz CT molecular complexity index is 571. The Labute approximate surface area is 106 Å². The van der Waals surface area contributed by atoms with Gasteiger partial charge in [-0.2, -0.15) is 5.26 Å². The molecule has 1 aromatic carbocycles. The predicted molar refractivity (Wildman–Crippen MR) is 65.9 cm³/mol. The molecule has 0 spiro atoms. The lowest BCUT2D eigenvalue weighted by atomic mass is 10.1. The van der Waals surface area contributed by atoms with Crippen molar-refractivity contribution in [2.75, 3.05) is 19.7 Å². The SMILES string of the molecule is N#Cc1cccc(CS(=O)(=O)N2CC(CO)C2)c1. The van der Waals surface area contributed by atoms with Gasteiger partial charge in [0.2, 0.25) is 10.0 Å². The van der Waals surface area contributed by atoms with Gasteiger partial charge in [0.15, 0.2) is 0 Å². The van der Waals surface area contributed by atoms with Crippen LogP contribution in [0.1, 0.15) is 11.1 Å². The number of hydrogen-bond acceptors (Lipinski definition) is 4. The molecule has 0 radical (unpaired) electrons. The van der Waals surface area contributed by atoms with Gasteiger partial charge in [-0.05, 0) is 17.7 Å². The zero-order valence-corrected chi connectivity index (χ0v) is 10.6. The summed E-state index contributed by atoms with van der Waals surface area (Å²) < 4.78 is 25.4. The van der Waals surface area contributed by atoms with E-state index in [1.165, 1.54) is 4.31 Å². The number of aliphatic hydroxyl groups excluding tert-OH is 1. The molecule has 1 aliphatic heterocycles. The Kier molecular flexibility index (Phi) is 3.66. The number of nitriles is 1. The van der Waals surface area contributed by atoms with Gasteiger partial charge in [0, 0.05) is 25.6 Å². The Morgan fingerprint density at radius 3 is 2.78 bits per heavy atom. The van der Waals surface area contributed by atoms with Crippen molar-refractivity contribution in [1.82, 2.24) is 4.31 Å². The fourth-order valence-corrected chi connectivity index (χ4v) is 3.56. The van der Waals surface area contributed by atoms with Crippen LogP contribution in [0, 0.1) is 17.2 Å². The molecule has 1 heterocycles. The van der Waals surface area contributed by atoms with E-state index in [0.29, 0.717) is 24.2 Å². The lowest BCUT2D eigenvalue weighted by molar-refractivity contribution is 0.117. The van der Waals surface area contributed by atoms with Crippen LogP contribution in [0.3, 0.4) is 0 Å². The first-order chi connectivity index (χ1) is 8.55. The Morgan fingerprint density at radius 1 is 1.44 bits per heavy atom. The van der Waals surface area contributed by atoms with Crippen LogP contribution >= 0.6 is 0 Å². The maximum absolute atomic E-state index is 12.0. The van der Waals surface area contributed by atoms with Gasteiger partial charge in [-0.1, -0.05) is 12.1 Å². The summed E-state index contributed by atoms with van der Waals surface area (Å²) in [5, 5.41) is 17.6. The molecule has 1 fully saturated rings. The monoisotopic (exact) mass is 266 g/mol. The average Bonchev–Trinajstić information content (AvgIpc) is 2.26. The molecule has 1 aromatic rings. The molecular formula is C12H14N2O3S. The Morgan fingerprint density at radius 2 is 2.17 bits per heavy atom. The van der Waals surface area contributed by atoms with Gasteiger partial charge in [0.25, 0.3) is 0 Å². The van der Waals surface area contributed by atoms with Gasteiger partial charge in [-0.15, -0.1) is 0 Å². The molecule has 0 unspecified atom stereocenters. The molecule has 0 aliphatic carbocycles. The molecule has 0 amide bonds. The topological polar surface area (TPSA) is 81.4 Å². The fraction of sp³-hybridized carbons (Fsp3) is 0.417. The summed E-state index contributed by atoms with van der Waals surface area (Å²) in [5.74, 6) is -0.0362. The third-order valence-electron chi connectivity index (χ3n) is 2.98. The molecule has 6 heteroatoms. The molecule has 5 nitrogen and oxygen atoms in total. The molecular weight excluding hydrogens is 252 g/mol. The maximum atomic E-state index is 12.0. The molecule has 0 aromatic heterocycles. The highest BCUT2D eigenvalue weighted by Gasteiger charge is 2.35. The van der Waals surface area contributed by atoms with Crippen molar-refractivity contribution in [3.8, 4) is 6.07 Å². The standard InChI is InChI=1S/C12H14N2O3S/c13-5-10-2-1-3-11(4-10)9-18(16,17)14-6-12(7-14)8-15/h1-4,12,15H,6-9H2. The van der Waals surface area contributed by atoms with E-state index in [9.17, 15) is 8.42 Å². The average molecular weight is 266 g/mol. The minimum atomic E-state index is -3.33. The van der Waals surface area contributed by atoms with E-state index in [1.54, 1.807) is 24.3 Å². The molecule has 0 bridgehead atoms. The second-order valence-electron chi connectivity index (χ2n) is 4.43. The van der Waals surface area contributed by atoms with Crippen LogP contribution in [0.4, 0.5) is 0 Å². The smallest absolute Gasteiger partial charge is 0.218 e. The number of nitrogens with zero attached hydrogens (tertiary/aromatic N) is 2. The van der Waals surface area contributed by atoms with E-state index in [-0.39, 0.29) is 18.3 Å². The van der Waals surface area contributed by atoms with E-state index in [1.807, 2.05) is 6.07 Å². The molecule has 2 rings (SSSR count). The summed E-state index contributed by atoms with van der Waals surface area (Å²) in [4.78, 5) is 0. The van der Waals surface area contributed by atoms with Gasteiger partial charge in [-0.25, -0.2) is 12.7 Å². The van der Waals surface area contributed by atoms with E-state index in [2.05, 4.69) is 0 Å². The zero-order chi connectivity index (χ0) is 13.2. The van der Waals surface area contributed by atoms with Crippen molar-refractivity contribution in [3.63, 3.8) is 0 Å². The summed E-state index contributed by atoms with van der Waals surface area (Å²) in [6, 6.07) is 8.58. The van der Waals surface area contributed by atoms with Crippen molar-refractivity contribution in [1.29, 1.82) is 5.26 Å². The number of hydrogen-bond donors (Lipinski definition) is 1. The number of sulfonamides is 1. The first-order valence-corrected chi connectivity index (χ1v) is 7.24. The molecule has 0 atom stereocenters. The molecule has 1 aliphatic rings. The van der Waals surface area contributed by atoms with Gasteiger partial charge in [-0.3, -0.25) is 0 Å². The summed E-state index contributed by atoms with van der Waals surface area (Å²) in [6.07, 6.45) is 0. The van der Waals surface area contributed by atoms with Crippen molar-refractivity contribution in [2.24, 2.45) is 5.92 Å². The van der Waals surface area contributed by atoms with Crippen molar-refractivity contribution in [3.05, 3.63) is 35.4 Å². The number of aliphatic hydroxyl groups is 1. The van der Waals surface area contributed by atoms with Gasteiger partial charge >= 0.3 is 0 Å². The van der Waals surface area contributed by atoms with Crippen molar-refractivity contribution in [2.45, 2.75) is 5.75 Å². The van der Waals surface area contributed by atoms with Gasteiger partial charge < -0.3 is 5.11 Å². The minimum absolute atomic E-state index is 0.0237. The third-order valence-corrected chi connectivity index (χ3v) is 4.76. The van der Waals surface area contributed by atoms with Crippen LogP contribution in [0.2, 0.25) is 0 Å². The highest BCUT2D eigenvalue weighted by Crippen LogP contribution is 2.22. The molecule has 96 valence electrons. The lowest BCUT2D eigenvalue weighted by Crippen LogP contribution is -2.51. The normalized spacial score (nSPS) is 17.1. The second kappa shape index (κ2) is 5.06. The van der Waals surface area contributed by atoms with E-state index in [4.69, 9.17) is 10.4 Å². The summed E-state index contributed by atoms with van der Waals surface area (Å²) in [6.45, 7) is 0.795. The maximum Gasteiger partial charge on any atom is 0.218 e. The van der Waals surface area contributed by atoms with Crippen molar-refractivity contribution >= 4 is 10.0 Å². The lowest BCUT2D eigenvalue weighted by Gasteiger charge is -2.36. The number of benzene rings is 1. The second-order valence-corrected chi connectivity index (χ2v) is 6.40. The first-order valence-electron chi connectivity index (χ1n) is 5.63. The first kappa shape index (κ1) is 13.0. The van der Waals surface area contributed by atoms with E-state index >= 15 is 0 Å². The largest absolute Gasteiger partial charge is 0.396 e. The fourth-order valence-electron chi connectivity index (χ4n) is 1.90. The summed E-state index contributed by atoms with van der Waals surface area (Å²) >= 11 is 0. The van der Waals surface area contributed by atoms with Crippen LogP contribution < -0.4 is 0 Å². The molecule has 1 saturated heterocycles. The molecule has 1 N–H and O–H groups in total. The third kappa shape index (κ3) is 2.70. The van der Waals surface area contributed by atoms with Crippen LogP contribution in [-0.2, 0) is 15.8 Å². The highest BCUT2D eigenvalue weighted by atomic mass is 32.2. The highest BCUT2D eigenvalue weighted by molar-refractivity contribution is 7.88. The van der Waals surface area contributed by atoms with Crippen LogP contribution in [0.25, 0.3) is 0 Å². The van der Waals surface area contributed by atoms with Crippen LogP contribution in [-0.4, -0.2) is 37.5 Å². The van der Waals surface area contributed by atoms with Crippen LogP contribution in [0.15, 0.2) is 24.3 Å². The zero-order valence-electron chi connectivity index (χ0n) is 9.78. The van der Waals surface area contributed by atoms with Gasteiger partial charge in [0.05, 0.1) is 17.4 Å². The quantitative estimate of drug-likeness (QED) is 0.850. The Hall–Kier alpha value is -1.42. The van der Waals surface area contributed by atoms with Crippen LogP contribution in [0.5, 0.6) is 0 Å². The van der Waals surface area contributed by atoms with Crippen molar-refractivity contribution < 1.29 is 13.5 Å². The molecule has 18 heavy (non-hydrogen) atoms. The van der Waals surface area contributed by atoms with E-state index in [0.717, 1.165) is 0 Å². The van der Waals surface area contributed by atoms with Gasteiger partial charge in [0.1, 0.15) is 0 Å². The summed E-state index contributed by atoms with van der Waals surface area (Å²) in [7, 11) is -3.33. The predicted octanol–water partition coefficient (Wildman–Crippen LogP) is 0.312. The Balaban J connectivity index is 2.07. The van der Waals surface area contributed by atoms with E-state index < -0.39 is 10.0 Å². The minimum Gasteiger partial charge on any atom is -0.396 e. The molecule has 0 saturated carbocycles.